The zero-order chi connectivity index (χ0) is 20.7. The number of furan rings is 1. The Morgan fingerprint density at radius 2 is 1.93 bits per heavy atom. The summed E-state index contributed by atoms with van der Waals surface area (Å²) in [4.78, 5) is 12.7. The van der Waals surface area contributed by atoms with E-state index in [9.17, 15) is 4.79 Å². The topological polar surface area (TPSA) is 56.4 Å². The molecule has 1 N–H and O–H groups in total. The quantitative estimate of drug-likeness (QED) is 0.546. The molecule has 0 aliphatic carbocycles. The number of benzene rings is 2. The van der Waals surface area contributed by atoms with Crippen molar-refractivity contribution in [3.05, 3.63) is 94.1 Å². The van der Waals surface area contributed by atoms with Gasteiger partial charge in [-0.2, -0.15) is 0 Å². The van der Waals surface area contributed by atoms with Crippen LogP contribution in [0.15, 0.2) is 76.1 Å². The number of hydrogen-bond donors (Lipinski definition) is 1. The fraction of sp³-hybridized carbons (Fsp3) is 0.240. The van der Waals surface area contributed by atoms with Gasteiger partial charge in [-0.15, -0.1) is 0 Å². The van der Waals surface area contributed by atoms with Crippen LogP contribution >= 0.6 is 0 Å². The summed E-state index contributed by atoms with van der Waals surface area (Å²) in [5.41, 5.74) is 3.59. The summed E-state index contributed by atoms with van der Waals surface area (Å²) in [7, 11) is 0. The molecule has 5 heteroatoms. The van der Waals surface area contributed by atoms with Crippen molar-refractivity contribution in [2.24, 2.45) is 0 Å². The Morgan fingerprint density at radius 1 is 1.10 bits per heavy atom. The summed E-state index contributed by atoms with van der Waals surface area (Å²) >= 11 is 0. The summed E-state index contributed by atoms with van der Waals surface area (Å²) < 4.78 is 13.5. The molecule has 0 atom stereocenters. The fourth-order valence-electron chi connectivity index (χ4n) is 4.23. The standard InChI is InChI=1S/C25H24N2O3/c1-25(2)24-20-9-8-18(14-22(20)30-21(24)10-12-26-25)27-13-11-19(15-23(27)28)29-16-17-6-4-3-5-7-17/h3-9,11,13-15,26H,10,12,16H2,1-2H3. The van der Waals surface area contributed by atoms with Gasteiger partial charge in [0.2, 0.25) is 0 Å². The Hall–Kier alpha value is -3.31. The molecule has 1 aliphatic heterocycles. The van der Waals surface area contributed by atoms with Crippen LogP contribution in [0.2, 0.25) is 0 Å². The van der Waals surface area contributed by atoms with Crippen LogP contribution in [0.25, 0.3) is 16.7 Å². The first kappa shape index (κ1) is 18.7. The van der Waals surface area contributed by atoms with Gasteiger partial charge in [0.05, 0.1) is 5.69 Å². The van der Waals surface area contributed by atoms with Crippen LogP contribution < -0.4 is 15.6 Å². The molecule has 0 spiro atoms. The lowest BCUT2D eigenvalue weighted by atomic mass is 9.87. The Kier molecular flexibility index (Phi) is 4.48. The molecular formula is C25H24N2O3. The molecule has 2 aromatic heterocycles. The summed E-state index contributed by atoms with van der Waals surface area (Å²) in [5, 5.41) is 4.65. The largest absolute Gasteiger partial charge is 0.489 e. The van der Waals surface area contributed by atoms with Crippen LogP contribution in [-0.4, -0.2) is 11.1 Å². The van der Waals surface area contributed by atoms with E-state index >= 15 is 0 Å². The highest BCUT2D eigenvalue weighted by atomic mass is 16.5. The molecule has 0 saturated heterocycles. The number of pyridine rings is 1. The number of fused-ring (bicyclic) bond motifs is 3. The van der Waals surface area contributed by atoms with Crippen LogP contribution in [0.4, 0.5) is 0 Å². The van der Waals surface area contributed by atoms with Crippen LogP contribution in [-0.2, 0) is 18.6 Å². The maximum absolute atomic E-state index is 12.7. The van der Waals surface area contributed by atoms with Crippen LogP contribution in [0.5, 0.6) is 5.75 Å². The second kappa shape index (κ2) is 7.18. The Morgan fingerprint density at radius 3 is 2.73 bits per heavy atom. The molecule has 5 nitrogen and oxygen atoms in total. The molecule has 0 unspecified atom stereocenters. The smallest absolute Gasteiger partial charge is 0.258 e. The molecule has 152 valence electrons. The van der Waals surface area contributed by atoms with E-state index < -0.39 is 0 Å². The molecule has 0 radical (unpaired) electrons. The van der Waals surface area contributed by atoms with Gasteiger partial charge < -0.3 is 14.5 Å². The highest BCUT2D eigenvalue weighted by Gasteiger charge is 2.32. The molecular weight excluding hydrogens is 376 g/mol. The maximum atomic E-state index is 12.7. The van der Waals surface area contributed by atoms with Crippen molar-refractivity contribution < 1.29 is 9.15 Å². The highest BCUT2D eigenvalue weighted by Crippen LogP contribution is 2.37. The van der Waals surface area contributed by atoms with Gasteiger partial charge in [-0.05, 0) is 37.6 Å². The lowest BCUT2D eigenvalue weighted by Gasteiger charge is -2.31. The zero-order valence-electron chi connectivity index (χ0n) is 17.1. The fourth-order valence-corrected chi connectivity index (χ4v) is 4.23. The minimum atomic E-state index is -0.141. The average Bonchev–Trinajstić information content (AvgIpc) is 3.12. The number of nitrogens with one attached hydrogen (secondary N) is 1. The molecule has 4 aromatic rings. The van der Waals surface area contributed by atoms with E-state index in [1.807, 2.05) is 54.6 Å². The number of ether oxygens (including phenoxy) is 1. The molecule has 0 bridgehead atoms. The third kappa shape index (κ3) is 3.31. The number of aromatic nitrogens is 1. The van der Waals surface area contributed by atoms with E-state index in [2.05, 4.69) is 19.2 Å². The summed E-state index contributed by atoms with van der Waals surface area (Å²) in [6.45, 7) is 5.67. The van der Waals surface area contributed by atoms with Crippen molar-refractivity contribution in [2.45, 2.75) is 32.4 Å². The van der Waals surface area contributed by atoms with Gasteiger partial charge in [0.15, 0.2) is 0 Å². The molecule has 3 heterocycles. The second-order valence-corrected chi connectivity index (χ2v) is 8.23. The number of rotatable bonds is 4. The van der Waals surface area contributed by atoms with Crippen LogP contribution in [0.1, 0.15) is 30.7 Å². The van der Waals surface area contributed by atoms with Crippen molar-refractivity contribution in [1.82, 2.24) is 9.88 Å². The molecule has 0 fully saturated rings. The first-order valence-corrected chi connectivity index (χ1v) is 10.2. The van der Waals surface area contributed by atoms with Crippen LogP contribution in [0, 0.1) is 0 Å². The predicted molar refractivity (Wildman–Crippen MR) is 117 cm³/mol. The minimum absolute atomic E-state index is 0.130. The third-order valence-corrected chi connectivity index (χ3v) is 5.71. The first-order chi connectivity index (χ1) is 14.5. The van der Waals surface area contributed by atoms with Gasteiger partial charge in [-0.3, -0.25) is 9.36 Å². The SMILES string of the molecule is CC1(C)NCCc2oc3cc(-n4ccc(OCc5ccccc5)cc4=O)ccc3c21. The molecule has 1 aliphatic rings. The highest BCUT2D eigenvalue weighted by molar-refractivity contribution is 5.85. The molecule has 2 aromatic carbocycles. The van der Waals surface area contributed by atoms with Crippen molar-refractivity contribution >= 4 is 11.0 Å². The number of hydrogen-bond acceptors (Lipinski definition) is 4. The Balaban J connectivity index is 1.45. The zero-order valence-corrected chi connectivity index (χ0v) is 17.1. The van der Waals surface area contributed by atoms with Crippen molar-refractivity contribution in [2.75, 3.05) is 6.54 Å². The lowest BCUT2D eigenvalue weighted by Crippen LogP contribution is -2.41. The normalized spacial score (nSPS) is 15.1. The monoisotopic (exact) mass is 400 g/mol. The Bertz CT molecular complexity index is 1270. The van der Waals surface area contributed by atoms with Gasteiger partial charge >= 0.3 is 0 Å². The van der Waals surface area contributed by atoms with E-state index in [1.165, 1.54) is 11.6 Å². The second-order valence-electron chi connectivity index (χ2n) is 8.23. The van der Waals surface area contributed by atoms with Gasteiger partial charge in [-0.25, -0.2) is 0 Å². The van der Waals surface area contributed by atoms with E-state index in [4.69, 9.17) is 9.15 Å². The maximum Gasteiger partial charge on any atom is 0.258 e. The summed E-state index contributed by atoms with van der Waals surface area (Å²) in [6, 6.07) is 19.2. The van der Waals surface area contributed by atoms with Gasteiger partial charge in [0.25, 0.3) is 5.56 Å². The van der Waals surface area contributed by atoms with Crippen molar-refractivity contribution in [1.29, 1.82) is 0 Å². The predicted octanol–water partition coefficient (Wildman–Crippen LogP) is 4.54. The average molecular weight is 400 g/mol. The Labute approximate surface area is 174 Å². The van der Waals surface area contributed by atoms with Crippen molar-refractivity contribution in [3.63, 3.8) is 0 Å². The van der Waals surface area contributed by atoms with E-state index in [-0.39, 0.29) is 11.1 Å². The lowest BCUT2D eigenvalue weighted by molar-refractivity contribution is 0.305. The first-order valence-electron chi connectivity index (χ1n) is 10.2. The van der Waals surface area contributed by atoms with Gasteiger partial charge in [-0.1, -0.05) is 30.3 Å². The van der Waals surface area contributed by atoms with E-state index in [0.717, 1.165) is 40.9 Å². The van der Waals surface area contributed by atoms with E-state index in [0.29, 0.717) is 12.4 Å². The minimum Gasteiger partial charge on any atom is -0.489 e. The number of nitrogens with zero attached hydrogens (tertiary/aromatic N) is 1. The summed E-state index contributed by atoms with van der Waals surface area (Å²) in [5.74, 6) is 1.59. The van der Waals surface area contributed by atoms with E-state index in [1.54, 1.807) is 10.8 Å². The molecule has 0 amide bonds. The molecule has 0 saturated carbocycles. The van der Waals surface area contributed by atoms with Gasteiger partial charge in [0.1, 0.15) is 23.7 Å². The third-order valence-electron chi connectivity index (χ3n) is 5.71. The molecule has 5 rings (SSSR count). The van der Waals surface area contributed by atoms with Crippen molar-refractivity contribution in [3.8, 4) is 11.4 Å². The van der Waals surface area contributed by atoms with Crippen LogP contribution in [0.3, 0.4) is 0 Å². The summed E-state index contributed by atoms with van der Waals surface area (Å²) in [6.07, 6.45) is 2.62. The molecule has 30 heavy (non-hydrogen) atoms. The van der Waals surface area contributed by atoms with Gasteiger partial charge in [0, 0.05) is 47.8 Å².